The van der Waals surface area contributed by atoms with Gasteiger partial charge in [0.2, 0.25) is 0 Å². The Morgan fingerprint density at radius 1 is 1.32 bits per heavy atom. The number of amides is 3. The maximum absolute atomic E-state index is 11.8. The lowest BCUT2D eigenvalue weighted by Gasteiger charge is -2.11. The lowest BCUT2D eigenvalue weighted by atomic mass is 10.2. The van der Waals surface area contributed by atoms with Gasteiger partial charge in [-0.3, -0.25) is 5.32 Å². The maximum atomic E-state index is 11.8. The zero-order valence-electron chi connectivity index (χ0n) is 12.6. The average Bonchev–Trinajstić information content (AvgIpc) is 3.00. The van der Waals surface area contributed by atoms with Crippen LogP contribution in [0.25, 0.3) is 0 Å². The quantitative estimate of drug-likeness (QED) is 0.780. The van der Waals surface area contributed by atoms with Crippen LogP contribution in [0.15, 0.2) is 24.3 Å². The highest BCUT2D eigenvalue weighted by Gasteiger charge is 2.15. The van der Waals surface area contributed by atoms with Crippen LogP contribution in [0.2, 0.25) is 0 Å². The number of methoxy groups -OCH3 is 1. The van der Waals surface area contributed by atoms with Crippen LogP contribution in [0.5, 0.6) is 0 Å². The molecule has 22 heavy (non-hydrogen) atoms. The molecule has 1 aromatic carbocycles. The fourth-order valence-electron chi connectivity index (χ4n) is 2.24. The summed E-state index contributed by atoms with van der Waals surface area (Å²) >= 11 is 0. The van der Waals surface area contributed by atoms with Crippen LogP contribution in [-0.2, 0) is 9.47 Å². The van der Waals surface area contributed by atoms with Gasteiger partial charge in [-0.2, -0.15) is 0 Å². The third-order valence-corrected chi connectivity index (χ3v) is 3.33. The van der Waals surface area contributed by atoms with Crippen molar-refractivity contribution >= 4 is 23.5 Å². The summed E-state index contributed by atoms with van der Waals surface area (Å²) in [5.74, 6) is 0. The summed E-state index contributed by atoms with van der Waals surface area (Å²) < 4.78 is 10.0. The molecule has 3 N–H and O–H groups in total. The first-order valence-electron chi connectivity index (χ1n) is 7.29. The third kappa shape index (κ3) is 5.25. The van der Waals surface area contributed by atoms with E-state index in [1.807, 2.05) is 0 Å². The summed E-state index contributed by atoms with van der Waals surface area (Å²) in [6.45, 7) is 1.38. The molecule has 1 fully saturated rings. The number of ether oxygens (including phenoxy) is 2. The van der Waals surface area contributed by atoms with Crippen molar-refractivity contribution in [1.29, 1.82) is 0 Å². The minimum Gasteiger partial charge on any atom is -0.453 e. The molecule has 1 aliphatic heterocycles. The second-order valence-electron chi connectivity index (χ2n) is 5.00. The number of nitrogens with one attached hydrogen (secondary N) is 3. The summed E-state index contributed by atoms with van der Waals surface area (Å²) in [6, 6.07) is 6.54. The van der Waals surface area contributed by atoms with Crippen molar-refractivity contribution in [2.45, 2.75) is 25.4 Å². The normalized spacial score (nSPS) is 16.9. The summed E-state index contributed by atoms with van der Waals surface area (Å²) in [5.41, 5.74) is 1.13. The molecule has 0 radical (unpaired) electrons. The van der Waals surface area contributed by atoms with Crippen LogP contribution >= 0.6 is 0 Å². The van der Waals surface area contributed by atoms with Crippen LogP contribution in [0, 0.1) is 0 Å². The number of rotatable bonds is 5. The van der Waals surface area contributed by atoms with Crippen molar-refractivity contribution < 1.29 is 19.1 Å². The molecule has 1 aliphatic rings. The summed E-state index contributed by atoms with van der Waals surface area (Å²) in [4.78, 5) is 22.9. The summed E-state index contributed by atoms with van der Waals surface area (Å²) in [6.07, 6.45) is 2.67. The SMILES string of the molecule is COC(=O)Nc1cccc(NC(=O)NCCC2CCCO2)c1. The summed E-state index contributed by atoms with van der Waals surface area (Å²) in [7, 11) is 1.29. The monoisotopic (exact) mass is 307 g/mol. The van der Waals surface area contributed by atoms with Gasteiger partial charge in [-0.05, 0) is 37.5 Å². The maximum Gasteiger partial charge on any atom is 0.411 e. The molecule has 120 valence electrons. The van der Waals surface area contributed by atoms with Crippen LogP contribution in [-0.4, -0.2) is 38.5 Å². The molecule has 1 unspecified atom stereocenters. The Hall–Kier alpha value is -2.28. The van der Waals surface area contributed by atoms with Crippen LogP contribution in [0.3, 0.4) is 0 Å². The Kier molecular flexibility index (Phi) is 6.02. The molecule has 1 heterocycles. The molecule has 0 bridgehead atoms. The number of hydrogen-bond donors (Lipinski definition) is 3. The van der Waals surface area contributed by atoms with E-state index in [1.165, 1.54) is 7.11 Å². The molecule has 0 spiro atoms. The van der Waals surface area contributed by atoms with Gasteiger partial charge >= 0.3 is 12.1 Å². The van der Waals surface area contributed by atoms with Gasteiger partial charge in [0.1, 0.15) is 0 Å². The molecule has 0 aromatic heterocycles. The van der Waals surface area contributed by atoms with Crippen molar-refractivity contribution in [2.24, 2.45) is 0 Å². The van der Waals surface area contributed by atoms with Crippen LogP contribution in [0.1, 0.15) is 19.3 Å². The Morgan fingerprint density at radius 2 is 2.09 bits per heavy atom. The largest absolute Gasteiger partial charge is 0.453 e. The number of urea groups is 1. The van der Waals surface area contributed by atoms with Gasteiger partial charge in [0.25, 0.3) is 0 Å². The average molecular weight is 307 g/mol. The van der Waals surface area contributed by atoms with Gasteiger partial charge in [0.05, 0.1) is 13.2 Å². The van der Waals surface area contributed by atoms with Gasteiger partial charge in [0.15, 0.2) is 0 Å². The number of benzene rings is 1. The zero-order chi connectivity index (χ0) is 15.8. The van der Waals surface area contributed by atoms with Crippen molar-refractivity contribution in [3.63, 3.8) is 0 Å². The zero-order valence-corrected chi connectivity index (χ0v) is 12.6. The first-order chi connectivity index (χ1) is 10.7. The standard InChI is InChI=1S/C15H21N3O4/c1-21-15(20)18-12-5-2-4-11(10-12)17-14(19)16-8-7-13-6-3-9-22-13/h2,4-5,10,13H,3,6-9H2,1H3,(H,18,20)(H2,16,17,19). The van der Waals surface area contributed by atoms with E-state index < -0.39 is 6.09 Å². The fraction of sp³-hybridized carbons (Fsp3) is 0.467. The lowest BCUT2D eigenvalue weighted by molar-refractivity contribution is 0.105. The second-order valence-corrected chi connectivity index (χ2v) is 5.00. The first-order valence-corrected chi connectivity index (χ1v) is 7.29. The van der Waals surface area contributed by atoms with E-state index in [-0.39, 0.29) is 12.1 Å². The Bertz CT molecular complexity index is 515. The predicted octanol–water partition coefficient (Wildman–Crippen LogP) is 2.56. The van der Waals surface area contributed by atoms with E-state index in [0.29, 0.717) is 17.9 Å². The van der Waals surface area contributed by atoms with Gasteiger partial charge < -0.3 is 20.1 Å². The van der Waals surface area contributed by atoms with E-state index in [0.717, 1.165) is 25.9 Å². The smallest absolute Gasteiger partial charge is 0.411 e. The Morgan fingerprint density at radius 3 is 2.77 bits per heavy atom. The molecule has 7 heteroatoms. The number of hydrogen-bond acceptors (Lipinski definition) is 4. The van der Waals surface area contributed by atoms with Crippen molar-refractivity contribution in [2.75, 3.05) is 30.9 Å². The van der Waals surface area contributed by atoms with E-state index in [4.69, 9.17) is 4.74 Å². The van der Waals surface area contributed by atoms with E-state index >= 15 is 0 Å². The summed E-state index contributed by atoms with van der Waals surface area (Å²) in [5, 5.41) is 8.04. The molecule has 1 aromatic rings. The molecular formula is C15H21N3O4. The second kappa shape index (κ2) is 8.23. The number of anilines is 2. The number of carbonyl (C=O) groups excluding carboxylic acids is 2. The van der Waals surface area contributed by atoms with Gasteiger partial charge in [0, 0.05) is 24.5 Å². The van der Waals surface area contributed by atoms with Crippen molar-refractivity contribution in [1.82, 2.24) is 5.32 Å². The lowest BCUT2D eigenvalue weighted by Crippen LogP contribution is -2.31. The molecule has 2 rings (SSSR count). The Balaban J connectivity index is 1.75. The predicted molar refractivity (Wildman–Crippen MR) is 83.1 cm³/mol. The molecule has 1 atom stereocenters. The topological polar surface area (TPSA) is 88.7 Å². The minimum atomic E-state index is -0.557. The molecule has 0 saturated carbocycles. The molecular weight excluding hydrogens is 286 g/mol. The van der Waals surface area contributed by atoms with Crippen molar-refractivity contribution in [3.8, 4) is 0 Å². The van der Waals surface area contributed by atoms with E-state index in [1.54, 1.807) is 24.3 Å². The van der Waals surface area contributed by atoms with E-state index in [9.17, 15) is 9.59 Å². The highest BCUT2D eigenvalue weighted by Crippen LogP contribution is 2.16. The van der Waals surface area contributed by atoms with Gasteiger partial charge in [-0.1, -0.05) is 6.07 Å². The van der Waals surface area contributed by atoms with Gasteiger partial charge in [-0.25, -0.2) is 9.59 Å². The molecule has 7 nitrogen and oxygen atoms in total. The van der Waals surface area contributed by atoms with Crippen molar-refractivity contribution in [3.05, 3.63) is 24.3 Å². The van der Waals surface area contributed by atoms with Gasteiger partial charge in [-0.15, -0.1) is 0 Å². The highest BCUT2D eigenvalue weighted by molar-refractivity contribution is 5.91. The molecule has 3 amide bonds. The minimum absolute atomic E-state index is 0.257. The Labute approximate surface area is 129 Å². The fourth-order valence-corrected chi connectivity index (χ4v) is 2.24. The third-order valence-electron chi connectivity index (χ3n) is 3.33. The first kappa shape index (κ1) is 16.1. The van der Waals surface area contributed by atoms with E-state index in [2.05, 4.69) is 20.7 Å². The molecule has 1 saturated heterocycles. The number of carbonyl (C=O) groups is 2. The van der Waals surface area contributed by atoms with Crippen LogP contribution in [0.4, 0.5) is 21.0 Å². The highest BCUT2D eigenvalue weighted by atomic mass is 16.5. The molecule has 0 aliphatic carbocycles. The van der Waals surface area contributed by atoms with Crippen LogP contribution < -0.4 is 16.0 Å².